The van der Waals surface area contributed by atoms with Crippen LogP contribution in [-0.4, -0.2) is 36.3 Å². The monoisotopic (exact) mass is 249 g/mol. The maximum atomic E-state index is 5.93. The van der Waals surface area contributed by atoms with Crippen molar-refractivity contribution in [1.82, 2.24) is 4.90 Å². The number of halogens is 2. The van der Waals surface area contributed by atoms with Gasteiger partial charge >= 0.3 is 0 Å². The van der Waals surface area contributed by atoms with E-state index in [1.165, 1.54) is 45.2 Å². The van der Waals surface area contributed by atoms with Crippen LogP contribution in [0, 0.1) is 11.3 Å². The van der Waals surface area contributed by atoms with Crippen molar-refractivity contribution in [2.24, 2.45) is 11.3 Å². The first-order valence-corrected chi connectivity index (χ1v) is 7.19. The Labute approximate surface area is 103 Å². The summed E-state index contributed by atoms with van der Waals surface area (Å²) in [5, 5.41) is 0. The number of rotatable bonds is 3. The van der Waals surface area contributed by atoms with Crippen molar-refractivity contribution in [3.05, 3.63) is 0 Å². The van der Waals surface area contributed by atoms with E-state index in [0.717, 1.165) is 24.2 Å². The van der Waals surface area contributed by atoms with Gasteiger partial charge in [-0.3, -0.25) is 0 Å². The normalized spacial score (nSPS) is 37.6. The minimum Gasteiger partial charge on any atom is -0.302 e. The van der Waals surface area contributed by atoms with Gasteiger partial charge in [-0.1, -0.05) is 0 Å². The third kappa shape index (κ3) is 2.81. The van der Waals surface area contributed by atoms with E-state index >= 15 is 0 Å². The number of alkyl halides is 2. The SMILES string of the molecule is ClCCN1CCC2(CCC(CCl)CC2)C1. The van der Waals surface area contributed by atoms with Crippen LogP contribution >= 0.6 is 23.2 Å². The predicted molar refractivity (Wildman–Crippen MR) is 66.9 cm³/mol. The van der Waals surface area contributed by atoms with Gasteiger partial charge in [0.1, 0.15) is 0 Å². The van der Waals surface area contributed by atoms with E-state index in [0.29, 0.717) is 5.41 Å². The predicted octanol–water partition coefficient (Wildman–Crippen LogP) is 3.35. The summed E-state index contributed by atoms with van der Waals surface area (Å²) >= 11 is 11.7. The molecule has 1 aliphatic heterocycles. The zero-order valence-electron chi connectivity index (χ0n) is 9.35. The molecule has 0 radical (unpaired) electrons. The van der Waals surface area contributed by atoms with Crippen LogP contribution in [-0.2, 0) is 0 Å². The summed E-state index contributed by atoms with van der Waals surface area (Å²) in [4.78, 5) is 2.54. The Bertz CT molecular complexity index is 200. The van der Waals surface area contributed by atoms with Gasteiger partial charge < -0.3 is 4.90 Å². The molecule has 0 aromatic heterocycles. The summed E-state index contributed by atoms with van der Waals surface area (Å²) in [5.74, 6) is 2.43. The molecule has 0 amide bonds. The van der Waals surface area contributed by atoms with Gasteiger partial charge in [0.15, 0.2) is 0 Å². The second-order valence-electron chi connectivity index (χ2n) is 5.31. The third-order valence-corrected chi connectivity index (χ3v) is 4.91. The van der Waals surface area contributed by atoms with Crippen molar-refractivity contribution in [2.45, 2.75) is 32.1 Å². The van der Waals surface area contributed by atoms with Crippen molar-refractivity contribution < 1.29 is 0 Å². The van der Waals surface area contributed by atoms with Crippen molar-refractivity contribution in [3.63, 3.8) is 0 Å². The van der Waals surface area contributed by atoms with E-state index in [9.17, 15) is 0 Å². The van der Waals surface area contributed by atoms with Crippen LogP contribution in [0.1, 0.15) is 32.1 Å². The molecule has 1 saturated heterocycles. The van der Waals surface area contributed by atoms with Gasteiger partial charge in [0.25, 0.3) is 0 Å². The lowest BCUT2D eigenvalue weighted by atomic mass is 9.70. The van der Waals surface area contributed by atoms with Gasteiger partial charge in [-0.2, -0.15) is 0 Å². The first kappa shape index (κ1) is 12.0. The lowest BCUT2D eigenvalue weighted by Crippen LogP contribution is -2.32. The topological polar surface area (TPSA) is 3.24 Å². The van der Waals surface area contributed by atoms with Gasteiger partial charge in [-0.15, -0.1) is 23.2 Å². The summed E-state index contributed by atoms with van der Waals surface area (Å²) in [6, 6.07) is 0. The van der Waals surface area contributed by atoms with Gasteiger partial charge in [0.2, 0.25) is 0 Å². The lowest BCUT2D eigenvalue weighted by Gasteiger charge is -2.36. The Hall–Kier alpha value is 0.540. The number of nitrogens with zero attached hydrogens (tertiary/aromatic N) is 1. The van der Waals surface area contributed by atoms with Crippen LogP contribution in [0.4, 0.5) is 0 Å². The Morgan fingerprint density at radius 3 is 2.47 bits per heavy atom. The fourth-order valence-corrected chi connectivity index (χ4v) is 3.74. The average molecular weight is 250 g/mol. The van der Waals surface area contributed by atoms with Crippen molar-refractivity contribution in [1.29, 1.82) is 0 Å². The van der Waals surface area contributed by atoms with E-state index < -0.39 is 0 Å². The van der Waals surface area contributed by atoms with Crippen molar-refractivity contribution in [2.75, 3.05) is 31.4 Å². The van der Waals surface area contributed by atoms with Gasteiger partial charge in [-0.05, 0) is 50.0 Å². The molecule has 15 heavy (non-hydrogen) atoms. The highest BCUT2D eigenvalue weighted by atomic mass is 35.5. The van der Waals surface area contributed by atoms with Gasteiger partial charge in [-0.25, -0.2) is 0 Å². The summed E-state index contributed by atoms with van der Waals surface area (Å²) < 4.78 is 0. The summed E-state index contributed by atoms with van der Waals surface area (Å²) in [7, 11) is 0. The molecule has 1 nitrogen and oxygen atoms in total. The highest BCUT2D eigenvalue weighted by molar-refractivity contribution is 6.18. The molecule has 1 spiro atoms. The van der Waals surface area contributed by atoms with E-state index in [1.807, 2.05) is 0 Å². The molecule has 0 aromatic carbocycles. The van der Waals surface area contributed by atoms with Crippen LogP contribution in [0.3, 0.4) is 0 Å². The number of likely N-dealkylation sites (tertiary alicyclic amines) is 1. The highest BCUT2D eigenvalue weighted by Gasteiger charge is 2.40. The number of hydrogen-bond acceptors (Lipinski definition) is 1. The quantitative estimate of drug-likeness (QED) is 0.694. The van der Waals surface area contributed by atoms with Gasteiger partial charge in [0, 0.05) is 24.8 Å². The first-order valence-electron chi connectivity index (χ1n) is 6.12. The van der Waals surface area contributed by atoms with Crippen molar-refractivity contribution >= 4 is 23.2 Å². The molecule has 2 fully saturated rings. The number of hydrogen-bond donors (Lipinski definition) is 0. The molecule has 1 aliphatic carbocycles. The Morgan fingerprint density at radius 1 is 1.13 bits per heavy atom. The minimum absolute atomic E-state index is 0.634. The molecule has 1 saturated carbocycles. The van der Waals surface area contributed by atoms with Crippen LogP contribution in [0.15, 0.2) is 0 Å². The molecule has 1 heterocycles. The first-order chi connectivity index (χ1) is 7.28. The smallest absolute Gasteiger partial charge is 0.0351 e. The molecule has 0 aromatic rings. The Balaban J connectivity index is 1.83. The van der Waals surface area contributed by atoms with Crippen LogP contribution in [0.5, 0.6) is 0 Å². The average Bonchev–Trinajstić information content (AvgIpc) is 2.64. The summed E-state index contributed by atoms with van der Waals surface area (Å²) in [6.45, 7) is 3.62. The maximum Gasteiger partial charge on any atom is 0.0351 e. The van der Waals surface area contributed by atoms with E-state index in [4.69, 9.17) is 23.2 Å². The standard InChI is InChI=1S/C12H21Cl2N/c13-6-8-15-7-5-12(10-15)3-1-11(9-14)2-4-12/h11H,1-10H2. The molecule has 2 rings (SSSR count). The summed E-state index contributed by atoms with van der Waals surface area (Å²) in [6.07, 6.45) is 6.86. The molecule has 2 aliphatic rings. The minimum atomic E-state index is 0.634. The second-order valence-corrected chi connectivity index (χ2v) is 6.00. The Kier molecular flexibility index (Phi) is 4.20. The molecule has 0 unspecified atom stereocenters. The maximum absolute atomic E-state index is 5.93. The van der Waals surface area contributed by atoms with Crippen LogP contribution < -0.4 is 0 Å². The molecular weight excluding hydrogens is 229 g/mol. The molecule has 0 atom stereocenters. The lowest BCUT2D eigenvalue weighted by molar-refractivity contribution is 0.160. The van der Waals surface area contributed by atoms with Crippen molar-refractivity contribution in [3.8, 4) is 0 Å². The molecule has 0 bridgehead atoms. The molecule has 88 valence electrons. The molecule has 0 N–H and O–H groups in total. The summed E-state index contributed by atoms with van der Waals surface area (Å²) in [5.41, 5.74) is 0.634. The van der Waals surface area contributed by atoms with Gasteiger partial charge in [0.05, 0.1) is 0 Å². The van der Waals surface area contributed by atoms with E-state index in [1.54, 1.807) is 0 Å². The molecular formula is C12H21Cl2N. The third-order valence-electron chi connectivity index (χ3n) is 4.30. The fraction of sp³-hybridized carbons (Fsp3) is 1.00. The largest absolute Gasteiger partial charge is 0.302 e. The second kappa shape index (κ2) is 5.25. The zero-order chi connectivity index (χ0) is 10.7. The fourth-order valence-electron chi connectivity index (χ4n) is 3.19. The van der Waals surface area contributed by atoms with Crippen LogP contribution in [0.2, 0.25) is 0 Å². The van der Waals surface area contributed by atoms with E-state index in [2.05, 4.69) is 4.90 Å². The van der Waals surface area contributed by atoms with Crippen LogP contribution in [0.25, 0.3) is 0 Å². The highest BCUT2D eigenvalue weighted by Crippen LogP contribution is 2.45. The Morgan fingerprint density at radius 2 is 1.87 bits per heavy atom. The zero-order valence-corrected chi connectivity index (χ0v) is 10.9. The van der Waals surface area contributed by atoms with E-state index in [-0.39, 0.29) is 0 Å². The molecule has 3 heteroatoms.